The Bertz CT molecular complexity index is 797. The van der Waals surface area contributed by atoms with Gasteiger partial charge >= 0.3 is 0 Å². The molecular weight excluding hydrogens is 474 g/mol. The van der Waals surface area contributed by atoms with Crippen molar-refractivity contribution in [3.8, 4) is 0 Å². The number of halogens is 1. The van der Waals surface area contributed by atoms with Gasteiger partial charge in [0, 0.05) is 37.1 Å². The summed E-state index contributed by atoms with van der Waals surface area (Å²) in [4.78, 5) is 29.2. The van der Waals surface area contributed by atoms with E-state index in [4.69, 9.17) is 17.0 Å². The van der Waals surface area contributed by atoms with E-state index in [1.807, 2.05) is 30.3 Å². The van der Waals surface area contributed by atoms with Crippen molar-refractivity contribution in [3.63, 3.8) is 0 Å². The van der Waals surface area contributed by atoms with Crippen molar-refractivity contribution in [1.29, 1.82) is 0 Å². The lowest BCUT2D eigenvalue weighted by atomic mass is 10.2. The van der Waals surface area contributed by atoms with Crippen LogP contribution < -0.4 is 5.32 Å². The lowest BCUT2D eigenvalue weighted by Crippen LogP contribution is -2.38. The van der Waals surface area contributed by atoms with Gasteiger partial charge in [-0.25, -0.2) is 0 Å². The molecule has 0 saturated carbocycles. The second-order valence-electron chi connectivity index (χ2n) is 6.80. The molecule has 0 atom stereocenters. The third kappa shape index (κ3) is 6.89. The zero-order valence-corrected chi connectivity index (χ0v) is 19.3. The third-order valence-electron chi connectivity index (χ3n) is 4.66. The quantitative estimate of drug-likeness (QED) is 0.338. The van der Waals surface area contributed by atoms with Crippen LogP contribution in [-0.2, 0) is 14.3 Å². The molecule has 2 saturated heterocycles. The highest BCUT2D eigenvalue weighted by Gasteiger charge is 2.32. The second kappa shape index (κ2) is 11.2. The summed E-state index contributed by atoms with van der Waals surface area (Å²) < 4.78 is 6.77. The Morgan fingerprint density at radius 1 is 1.31 bits per heavy atom. The SMILES string of the molecule is O=C(CCN1C(=O)C(=Cc2cccc(Br)c2)SC1=S)NCCCN1CCOCC1. The molecule has 0 aliphatic carbocycles. The maximum Gasteiger partial charge on any atom is 0.266 e. The zero-order chi connectivity index (χ0) is 20.6. The van der Waals surface area contributed by atoms with Gasteiger partial charge in [0.25, 0.3) is 5.91 Å². The average molecular weight is 498 g/mol. The number of ether oxygens (including phenoxy) is 1. The van der Waals surface area contributed by atoms with Crippen molar-refractivity contribution >= 4 is 62.1 Å². The number of carbonyl (C=O) groups excluding carboxylic acids is 2. The summed E-state index contributed by atoms with van der Waals surface area (Å²) in [6, 6.07) is 7.72. The molecule has 2 aliphatic heterocycles. The summed E-state index contributed by atoms with van der Waals surface area (Å²) in [7, 11) is 0. The standard InChI is InChI=1S/C20H24BrN3O3S2/c21-16-4-1-3-15(13-16)14-17-19(26)24(20(28)29-17)8-5-18(25)22-6-2-7-23-9-11-27-12-10-23/h1,3-4,13-14H,2,5-12H2,(H,22,25). The fraction of sp³-hybridized carbons (Fsp3) is 0.450. The Kier molecular flexibility index (Phi) is 8.68. The summed E-state index contributed by atoms with van der Waals surface area (Å²) in [6.45, 7) is 5.37. The van der Waals surface area contributed by atoms with Gasteiger partial charge in [-0.3, -0.25) is 19.4 Å². The molecule has 0 radical (unpaired) electrons. The number of hydrogen-bond donors (Lipinski definition) is 1. The van der Waals surface area contributed by atoms with Crippen LogP contribution in [0, 0.1) is 0 Å². The largest absolute Gasteiger partial charge is 0.379 e. The lowest BCUT2D eigenvalue weighted by Gasteiger charge is -2.26. The second-order valence-corrected chi connectivity index (χ2v) is 9.39. The van der Waals surface area contributed by atoms with E-state index < -0.39 is 0 Å². The van der Waals surface area contributed by atoms with Crippen molar-refractivity contribution in [1.82, 2.24) is 15.1 Å². The maximum absolute atomic E-state index is 12.6. The Hall–Kier alpha value is -1.26. The van der Waals surface area contributed by atoms with Crippen LogP contribution in [-0.4, -0.2) is 71.9 Å². The highest BCUT2D eigenvalue weighted by molar-refractivity contribution is 9.10. The molecule has 2 aliphatic rings. The van der Waals surface area contributed by atoms with Gasteiger partial charge in [-0.1, -0.05) is 52.0 Å². The van der Waals surface area contributed by atoms with E-state index >= 15 is 0 Å². The van der Waals surface area contributed by atoms with Crippen LogP contribution in [0.4, 0.5) is 0 Å². The van der Waals surface area contributed by atoms with E-state index in [0.29, 0.717) is 22.3 Å². The molecule has 0 unspecified atom stereocenters. The molecule has 3 rings (SSSR count). The van der Waals surface area contributed by atoms with Crippen LogP contribution >= 0.6 is 39.9 Å². The number of nitrogens with zero attached hydrogens (tertiary/aromatic N) is 2. The van der Waals surface area contributed by atoms with Gasteiger partial charge in [0.05, 0.1) is 18.1 Å². The van der Waals surface area contributed by atoms with Gasteiger partial charge in [-0.05, 0) is 36.7 Å². The summed E-state index contributed by atoms with van der Waals surface area (Å²) in [5, 5.41) is 2.93. The van der Waals surface area contributed by atoms with Crippen LogP contribution in [0.2, 0.25) is 0 Å². The number of carbonyl (C=O) groups is 2. The number of amides is 2. The summed E-state index contributed by atoms with van der Waals surface area (Å²) >= 11 is 10.0. The minimum atomic E-state index is -0.139. The number of morpholine rings is 1. The number of thioether (sulfide) groups is 1. The van der Waals surface area contributed by atoms with E-state index in [2.05, 4.69) is 26.1 Å². The molecule has 0 aromatic heterocycles. The first-order valence-corrected chi connectivity index (χ1v) is 11.6. The molecule has 0 spiro atoms. The van der Waals surface area contributed by atoms with Crippen LogP contribution in [0.3, 0.4) is 0 Å². The Labute approximate surface area is 189 Å². The van der Waals surface area contributed by atoms with Crippen molar-refractivity contribution in [2.24, 2.45) is 0 Å². The first-order valence-electron chi connectivity index (χ1n) is 9.60. The Balaban J connectivity index is 1.41. The van der Waals surface area contributed by atoms with Gasteiger partial charge < -0.3 is 10.1 Å². The molecule has 1 aromatic rings. The Morgan fingerprint density at radius 3 is 2.86 bits per heavy atom. The highest BCUT2D eigenvalue weighted by Crippen LogP contribution is 2.32. The van der Waals surface area contributed by atoms with Crippen molar-refractivity contribution < 1.29 is 14.3 Å². The molecule has 29 heavy (non-hydrogen) atoms. The van der Waals surface area contributed by atoms with Gasteiger partial charge in [0.15, 0.2) is 0 Å². The normalized spacial score (nSPS) is 19.2. The first kappa shape index (κ1) is 22.4. The number of rotatable bonds is 8. The number of benzene rings is 1. The fourth-order valence-electron chi connectivity index (χ4n) is 3.10. The van der Waals surface area contributed by atoms with E-state index in [1.54, 1.807) is 0 Å². The summed E-state index contributed by atoms with van der Waals surface area (Å²) in [6.07, 6.45) is 2.98. The number of hydrogen-bond acceptors (Lipinski definition) is 6. The van der Waals surface area contributed by atoms with Crippen LogP contribution in [0.5, 0.6) is 0 Å². The Morgan fingerprint density at radius 2 is 2.10 bits per heavy atom. The van der Waals surface area contributed by atoms with Crippen molar-refractivity contribution in [2.75, 3.05) is 45.9 Å². The van der Waals surface area contributed by atoms with E-state index in [9.17, 15) is 9.59 Å². The fourth-order valence-corrected chi connectivity index (χ4v) is 4.82. The molecule has 156 valence electrons. The smallest absolute Gasteiger partial charge is 0.266 e. The van der Waals surface area contributed by atoms with Crippen molar-refractivity contribution in [2.45, 2.75) is 12.8 Å². The van der Waals surface area contributed by atoms with E-state index in [-0.39, 0.29) is 18.2 Å². The third-order valence-corrected chi connectivity index (χ3v) is 6.53. The molecule has 0 bridgehead atoms. The van der Waals surface area contributed by atoms with Crippen molar-refractivity contribution in [3.05, 3.63) is 39.2 Å². The monoisotopic (exact) mass is 497 g/mol. The predicted molar refractivity (Wildman–Crippen MR) is 124 cm³/mol. The van der Waals surface area contributed by atoms with Gasteiger partial charge in [-0.2, -0.15) is 0 Å². The molecule has 1 aromatic carbocycles. The molecule has 9 heteroatoms. The molecule has 6 nitrogen and oxygen atoms in total. The van der Waals surface area contributed by atoms with E-state index in [0.717, 1.165) is 49.3 Å². The van der Waals surface area contributed by atoms with Crippen LogP contribution in [0.25, 0.3) is 6.08 Å². The van der Waals surface area contributed by atoms with Gasteiger partial charge in [0.1, 0.15) is 4.32 Å². The predicted octanol–water partition coefficient (Wildman–Crippen LogP) is 2.88. The topological polar surface area (TPSA) is 61.9 Å². The van der Waals surface area contributed by atoms with Gasteiger partial charge in [-0.15, -0.1) is 0 Å². The molecular formula is C20H24BrN3O3S2. The van der Waals surface area contributed by atoms with Crippen LogP contribution in [0.1, 0.15) is 18.4 Å². The lowest BCUT2D eigenvalue weighted by molar-refractivity contribution is -0.123. The molecule has 2 amide bonds. The van der Waals surface area contributed by atoms with Crippen LogP contribution in [0.15, 0.2) is 33.6 Å². The highest BCUT2D eigenvalue weighted by atomic mass is 79.9. The maximum atomic E-state index is 12.6. The minimum Gasteiger partial charge on any atom is -0.379 e. The number of nitrogens with one attached hydrogen (secondary N) is 1. The van der Waals surface area contributed by atoms with Gasteiger partial charge in [0.2, 0.25) is 5.91 Å². The summed E-state index contributed by atoms with van der Waals surface area (Å²) in [5.41, 5.74) is 0.929. The molecule has 1 N–H and O–H groups in total. The average Bonchev–Trinajstić information content (AvgIpc) is 2.97. The van der Waals surface area contributed by atoms with E-state index in [1.165, 1.54) is 16.7 Å². The molecule has 2 heterocycles. The number of thiocarbonyl (C=S) groups is 1. The zero-order valence-electron chi connectivity index (χ0n) is 16.1. The first-order chi connectivity index (χ1) is 14.0. The molecule has 2 fully saturated rings. The summed E-state index contributed by atoms with van der Waals surface area (Å²) in [5.74, 6) is -0.197. The minimum absolute atomic E-state index is 0.0583.